The van der Waals surface area contributed by atoms with Gasteiger partial charge in [-0.1, -0.05) is 55.3 Å². The highest BCUT2D eigenvalue weighted by Crippen LogP contribution is 2.02. The van der Waals surface area contributed by atoms with Crippen molar-refractivity contribution in [2.24, 2.45) is 10.9 Å². The van der Waals surface area contributed by atoms with E-state index in [9.17, 15) is 4.79 Å². The number of nitrogens with two attached hydrogens (primary N) is 1. The minimum Gasteiger partial charge on any atom is -0.395 e. The van der Waals surface area contributed by atoms with Crippen molar-refractivity contribution >= 4 is 11.6 Å². The van der Waals surface area contributed by atoms with E-state index in [4.69, 9.17) is 10.6 Å². The first-order valence-electron chi connectivity index (χ1n) is 5.81. The van der Waals surface area contributed by atoms with E-state index in [1.807, 2.05) is 18.2 Å². The summed E-state index contributed by atoms with van der Waals surface area (Å²) in [5, 5.41) is 3.81. The van der Waals surface area contributed by atoms with Crippen LogP contribution < -0.4 is 5.73 Å². The Morgan fingerprint density at radius 2 is 2.00 bits per heavy atom. The van der Waals surface area contributed by atoms with E-state index in [-0.39, 0.29) is 5.71 Å². The minimum absolute atomic E-state index is 0.169. The SMILES string of the molecule is CCCCCO/N=C(\C(N)=O)c1ccccc1. The predicted molar refractivity (Wildman–Crippen MR) is 67.7 cm³/mol. The topological polar surface area (TPSA) is 64.7 Å². The molecule has 4 heteroatoms. The van der Waals surface area contributed by atoms with Gasteiger partial charge in [0.2, 0.25) is 0 Å². The number of benzene rings is 1. The number of hydrogen-bond acceptors (Lipinski definition) is 3. The lowest BCUT2D eigenvalue weighted by molar-refractivity contribution is -0.112. The van der Waals surface area contributed by atoms with Crippen LogP contribution in [0.2, 0.25) is 0 Å². The molecule has 0 saturated carbocycles. The maximum Gasteiger partial charge on any atom is 0.271 e. The monoisotopic (exact) mass is 234 g/mol. The summed E-state index contributed by atoms with van der Waals surface area (Å²) < 4.78 is 0. The summed E-state index contributed by atoms with van der Waals surface area (Å²) >= 11 is 0. The highest BCUT2D eigenvalue weighted by Gasteiger charge is 2.10. The maximum absolute atomic E-state index is 11.2. The normalized spacial score (nSPS) is 11.2. The van der Waals surface area contributed by atoms with Crippen molar-refractivity contribution < 1.29 is 9.63 Å². The Balaban J connectivity index is 2.61. The lowest BCUT2D eigenvalue weighted by atomic mass is 10.1. The van der Waals surface area contributed by atoms with Crippen LogP contribution in [-0.2, 0) is 9.63 Å². The highest BCUT2D eigenvalue weighted by molar-refractivity contribution is 6.44. The summed E-state index contributed by atoms with van der Waals surface area (Å²) in [7, 11) is 0. The molecule has 0 bridgehead atoms. The van der Waals surface area contributed by atoms with E-state index >= 15 is 0 Å². The number of oxime groups is 1. The van der Waals surface area contributed by atoms with Crippen LogP contribution in [0.3, 0.4) is 0 Å². The number of hydrogen-bond donors (Lipinski definition) is 1. The molecule has 0 aliphatic heterocycles. The van der Waals surface area contributed by atoms with Gasteiger partial charge >= 0.3 is 0 Å². The first-order chi connectivity index (χ1) is 8.25. The Morgan fingerprint density at radius 3 is 2.59 bits per heavy atom. The number of carbonyl (C=O) groups excluding carboxylic acids is 1. The fourth-order valence-corrected chi connectivity index (χ4v) is 1.36. The molecule has 4 nitrogen and oxygen atoms in total. The molecule has 0 unspecified atom stereocenters. The van der Waals surface area contributed by atoms with Crippen LogP contribution in [-0.4, -0.2) is 18.2 Å². The molecular weight excluding hydrogens is 216 g/mol. The zero-order valence-electron chi connectivity index (χ0n) is 10.1. The fourth-order valence-electron chi connectivity index (χ4n) is 1.36. The molecule has 0 fully saturated rings. The van der Waals surface area contributed by atoms with Gasteiger partial charge in [0.15, 0.2) is 5.71 Å². The van der Waals surface area contributed by atoms with Crippen LogP contribution >= 0.6 is 0 Å². The summed E-state index contributed by atoms with van der Waals surface area (Å²) in [6, 6.07) is 9.07. The van der Waals surface area contributed by atoms with Gasteiger partial charge in [-0.05, 0) is 6.42 Å². The van der Waals surface area contributed by atoms with Gasteiger partial charge in [-0.2, -0.15) is 0 Å². The molecule has 1 aromatic carbocycles. The maximum atomic E-state index is 11.2. The van der Waals surface area contributed by atoms with Crippen molar-refractivity contribution in [3.63, 3.8) is 0 Å². The largest absolute Gasteiger partial charge is 0.395 e. The summed E-state index contributed by atoms with van der Waals surface area (Å²) in [6.07, 6.45) is 3.14. The lowest BCUT2D eigenvalue weighted by Crippen LogP contribution is -2.24. The molecule has 0 aromatic heterocycles. The zero-order chi connectivity index (χ0) is 12.5. The fraction of sp³-hybridized carbons (Fsp3) is 0.385. The minimum atomic E-state index is -0.577. The molecule has 1 amide bonds. The van der Waals surface area contributed by atoms with E-state index in [0.717, 1.165) is 19.3 Å². The Hall–Kier alpha value is -1.84. The van der Waals surface area contributed by atoms with Crippen molar-refractivity contribution in [1.82, 2.24) is 0 Å². The third-order valence-electron chi connectivity index (χ3n) is 2.28. The Bertz CT molecular complexity index is 374. The molecule has 17 heavy (non-hydrogen) atoms. The average Bonchev–Trinajstić information content (AvgIpc) is 2.34. The summed E-state index contributed by atoms with van der Waals surface area (Å²) in [5.41, 5.74) is 6.10. The van der Waals surface area contributed by atoms with Crippen molar-refractivity contribution in [3.05, 3.63) is 35.9 Å². The standard InChI is InChI=1S/C13H18N2O2/c1-2-3-7-10-17-15-12(13(14)16)11-8-5-4-6-9-11/h4-6,8-9H,2-3,7,10H2,1H3,(H2,14,16)/b15-12-. The number of carbonyl (C=O) groups is 1. The first kappa shape index (κ1) is 13.2. The molecule has 92 valence electrons. The van der Waals surface area contributed by atoms with Gasteiger partial charge in [0.05, 0.1) is 0 Å². The number of unbranched alkanes of at least 4 members (excludes halogenated alkanes) is 2. The second-order valence-electron chi connectivity index (χ2n) is 3.71. The van der Waals surface area contributed by atoms with Crippen molar-refractivity contribution in [2.45, 2.75) is 26.2 Å². The van der Waals surface area contributed by atoms with Crippen LogP contribution in [0, 0.1) is 0 Å². The zero-order valence-corrected chi connectivity index (χ0v) is 10.1. The van der Waals surface area contributed by atoms with E-state index < -0.39 is 5.91 Å². The summed E-state index contributed by atoms with van der Waals surface area (Å²) in [5.74, 6) is -0.577. The van der Waals surface area contributed by atoms with Gasteiger partial charge in [-0.3, -0.25) is 4.79 Å². The molecule has 0 radical (unpaired) electrons. The van der Waals surface area contributed by atoms with E-state index in [1.165, 1.54) is 0 Å². The van der Waals surface area contributed by atoms with E-state index in [2.05, 4.69) is 12.1 Å². The second-order valence-corrected chi connectivity index (χ2v) is 3.71. The summed E-state index contributed by atoms with van der Waals surface area (Å²) in [6.45, 7) is 2.62. The molecule has 0 spiro atoms. The van der Waals surface area contributed by atoms with Crippen molar-refractivity contribution in [3.8, 4) is 0 Å². The molecule has 0 aliphatic rings. The number of amides is 1. The average molecular weight is 234 g/mol. The third kappa shape index (κ3) is 4.68. The van der Waals surface area contributed by atoms with Gasteiger partial charge in [0, 0.05) is 5.56 Å². The second kappa shape index (κ2) is 7.44. The molecule has 0 saturated heterocycles. The third-order valence-corrected chi connectivity index (χ3v) is 2.28. The molecule has 1 rings (SSSR count). The van der Waals surface area contributed by atoms with Gasteiger partial charge in [-0.25, -0.2) is 0 Å². The van der Waals surface area contributed by atoms with Crippen molar-refractivity contribution in [2.75, 3.05) is 6.61 Å². The number of rotatable bonds is 7. The summed E-state index contributed by atoms with van der Waals surface area (Å²) in [4.78, 5) is 16.3. The van der Waals surface area contributed by atoms with Crippen LogP contribution in [0.15, 0.2) is 35.5 Å². The smallest absolute Gasteiger partial charge is 0.271 e. The van der Waals surface area contributed by atoms with Crippen LogP contribution in [0.5, 0.6) is 0 Å². The number of nitrogens with zero attached hydrogens (tertiary/aromatic N) is 1. The quantitative estimate of drug-likeness (QED) is 0.446. The molecule has 0 atom stereocenters. The predicted octanol–water partition coefficient (Wildman–Crippen LogP) is 2.08. The van der Waals surface area contributed by atoms with Crippen LogP contribution in [0.1, 0.15) is 31.7 Å². The first-order valence-corrected chi connectivity index (χ1v) is 5.81. The van der Waals surface area contributed by atoms with E-state index in [0.29, 0.717) is 12.2 Å². The molecule has 2 N–H and O–H groups in total. The Kier molecular flexibility index (Phi) is 5.79. The van der Waals surface area contributed by atoms with Gasteiger partial charge < -0.3 is 10.6 Å². The van der Waals surface area contributed by atoms with Crippen molar-refractivity contribution in [1.29, 1.82) is 0 Å². The molecule has 0 heterocycles. The van der Waals surface area contributed by atoms with Crippen LogP contribution in [0.25, 0.3) is 0 Å². The highest BCUT2D eigenvalue weighted by atomic mass is 16.6. The molecular formula is C13H18N2O2. The lowest BCUT2D eigenvalue weighted by Gasteiger charge is -2.03. The van der Waals surface area contributed by atoms with Gasteiger partial charge in [-0.15, -0.1) is 0 Å². The Morgan fingerprint density at radius 1 is 1.29 bits per heavy atom. The van der Waals surface area contributed by atoms with Gasteiger partial charge in [0.25, 0.3) is 5.91 Å². The molecule has 1 aromatic rings. The van der Waals surface area contributed by atoms with Gasteiger partial charge in [0.1, 0.15) is 6.61 Å². The van der Waals surface area contributed by atoms with Crippen LogP contribution in [0.4, 0.5) is 0 Å². The van der Waals surface area contributed by atoms with E-state index in [1.54, 1.807) is 12.1 Å². The molecule has 0 aliphatic carbocycles. The number of primary amides is 1. The Labute approximate surface area is 101 Å².